The highest BCUT2D eigenvalue weighted by Crippen LogP contribution is 2.16. The zero-order valence-electron chi connectivity index (χ0n) is 11.2. The number of nitrogens with one attached hydrogen (secondary N) is 3. The van der Waals surface area contributed by atoms with E-state index in [2.05, 4.69) is 15.4 Å². The smallest absolute Gasteiger partial charge is 0.308 e. The monoisotopic (exact) mass is 316 g/mol. The van der Waals surface area contributed by atoms with Crippen LogP contribution in [0.1, 0.15) is 5.56 Å². The number of amides is 2. The molecule has 0 saturated carbocycles. The summed E-state index contributed by atoms with van der Waals surface area (Å²) >= 11 is -2.14. The number of nitrogens with zero attached hydrogens (tertiary/aromatic N) is 1. The van der Waals surface area contributed by atoms with E-state index in [0.717, 1.165) is 0 Å². The SMILES string of the molecule is N#Cc1ccccc1NC(=O)Nc1ccc(NS(=O)O)cc1. The lowest BCUT2D eigenvalue weighted by Crippen LogP contribution is -2.20. The lowest BCUT2D eigenvalue weighted by atomic mass is 10.2. The Hall–Kier alpha value is -2.89. The van der Waals surface area contributed by atoms with Gasteiger partial charge in [0.25, 0.3) is 11.3 Å². The van der Waals surface area contributed by atoms with Crippen molar-refractivity contribution >= 4 is 34.4 Å². The molecule has 0 bridgehead atoms. The summed E-state index contributed by atoms with van der Waals surface area (Å²) < 4.78 is 21.6. The summed E-state index contributed by atoms with van der Waals surface area (Å²) in [7, 11) is 0. The van der Waals surface area contributed by atoms with Crippen molar-refractivity contribution in [1.82, 2.24) is 0 Å². The summed E-state index contributed by atoms with van der Waals surface area (Å²) in [6.45, 7) is 0. The Bertz CT molecular complexity index is 740. The summed E-state index contributed by atoms with van der Waals surface area (Å²) in [5.74, 6) is 0. The Labute approximate surface area is 129 Å². The summed E-state index contributed by atoms with van der Waals surface area (Å²) in [6.07, 6.45) is 0. The fourth-order valence-corrected chi connectivity index (χ4v) is 2.03. The van der Waals surface area contributed by atoms with Gasteiger partial charge < -0.3 is 10.6 Å². The molecule has 4 N–H and O–H groups in total. The summed E-state index contributed by atoms with van der Waals surface area (Å²) in [5, 5.41) is 14.1. The van der Waals surface area contributed by atoms with Gasteiger partial charge in [0.1, 0.15) is 6.07 Å². The Morgan fingerprint density at radius 1 is 1.05 bits per heavy atom. The normalized spacial score (nSPS) is 11.1. The number of hydrogen-bond donors (Lipinski definition) is 4. The number of anilines is 3. The lowest BCUT2D eigenvalue weighted by molar-refractivity contribution is 0.262. The molecule has 22 heavy (non-hydrogen) atoms. The van der Waals surface area contributed by atoms with Gasteiger partial charge in [-0.25, -0.2) is 9.00 Å². The first kappa shape index (κ1) is 15.5. The zero-order chi connectivity index (χ0) is 15.9. The highest BCUT2D eigenvalue weighted by molar-refractivity contribution is 7.80. The van der Waals surface area contributed by atoms with Gasteiger partial charge in [-0.2, -0.15) is 5.26 Å². The average Bonchev–Trinajstić information content (AvgIpc) is 2.49. The molecular formula is C14H12N4O3S. The number of carbonyl (C=O) groups is 1. The molecule has 2 aromatic rings. The highest BCUT2D eigenvalue weighted by Gasteiger charge is 2.06. The molecule has 0 spiro atoms. The Morgan fingerprint density at radius 3 is 2.32 bits per heavy atom. The molecule has 0 heterocycles. The van der Waals surface area contributed by atoms with Gasteiger partial charge >= 0.3 is 6.03 Å². The number of hydrogen-bond acceptors (Lipinski definition) is 3. The molecule has 1 atom stereocenters. The van der Waals surface area contributed by atoms with Crippen molar-refractivity contribution in [2.24, 2.45) is 0 Å². The molecule has 112 valence electrons. The number of urea groups is 1. The van der Waals surface area contributed by atoms with Crippen molar-refractivity contribution in [3.63, 3.8) is 0 Å². The van der Waals surface area contributed by atoms with Gasteiger partial charge in [-0.3, -0.25) is 9.27 Å². The minimum absolute atomic E-state index is 0.364. The molecule has 2 amide bonds. The van der Waals surface area contributed by atoms with E-state index in [0.29, 0.717) is 22.6 Å². The molecule has 0 aliphatic carbocycles. The maximum atomic E-state index is 11.9. The molecule has 0 radical (unpaired) electrons. The van der Waals surface area contributed by atoms with Crippen LogP contribution in [0.3, 0.4) is 0 Å². The van der Waals surface area contributed by atoms with Crippen molar-refractivity contribution in [3.8, 4) is 6.07 Å². The van der Waals surface area contributed by atoms with Gasteiger partial charge in [-0.15, -0.1) is 0 Å². The molecule has 2 rings (SSSR count). The van der Waals surface area contributed by atoms with Gasteiger partial charge in [0.2, 0.25) is 0 Å². The number of nitriles is 1. The van der Waals surface area contributed by atoms with E-state index < -0.39 is 17.3 Å². The molecule has 0 aliphatic heterocycles. The van der Waals surface area contributed by atoms with Gasteiger partial charge in [-0.1, -0.05) is 12.1 Å². The first-order chi connectivity index (χ1) is 10.6. The average molecular weight is 316 g/mol. The van der Waals surface area contributed by atoms with E-state index in [1.807, 2.05) is 6.07 Å². The van der Waals surface area contributed by atoms with Gasteiger partial charge in [0, 0.05) is 11.4 Å². The van der Waals surface area contributed by atoms with E-state index >= 15 is 0 Å². The molecule has 0 aromatic heterocycles. The van der Waals surface area contributed by atoms with Crippen LogP contribution in [-0.2, 0) is 11.3 Å². The lowest BCUT2D eigenvalue weighted by Gasteiger charge is -2.09. The maximum Gasteiger partial charge on any atom is 0.323 e. The summed E-state index contributed by atoms with van der Waals surface area (Å²) in [5.41, 5.74) is 1.72. The molecule has 0 saturated heterocycles. The first-order valence-corrected chi connectivity index (χ1v) is 7.24. The van der Waals surface area contributed by atoms with Crippen molar-refractivity contribution in [1.29, 1.82) is 5.26 Å². The second-order valence-corrected chi connectivity index (χ2v) is 4.87. The molecule has 0 fully saturated rings. The third kappa shape index (κ3) is 4.31. The van der Waals surface area contributed by atoms with Crippen molar-refractivity contribution in [3.05, 3.63) is 54.1 Å². The molecule has 2 aromatic carbocycles. The Balaban J connectivity index is 2.00. The van der Waals surface area contributed by atoms with Crippen LogP contribution in [-0.4, -0.2) is 14.8 Å². The fraction of sp³-hybridized carbons (Fsp3) is 0. The van der Waals surface area contributed by atoms with Crippen LogP contribution in [0.15, 0.2) is 48.5 Å². The molecule has 7 nitrogen and oxygen atoms in total. The van der Waals surface area contributed by atoms with E-state index in [1.165, 1.54) is 0 Å². The molecule has 0 aliphatic rings. The van der Waals surface area contributed by atoms with E-state index in [1.54, 1.807) is 48.5 Å². The third-order valence-corrected chi connectivity index (χ3v) is 3.05. The molecule has 1 unspecified atom stereocenters. The second-order valence-electron chi connectivity index (χ2n) is 4.17. The number of para-hydroxylation sites is 1. The molecule has 8 heteroatoms. The van der Waals surface area contributed by atoms with Crippen LogP contribution >= 0.6 is 0 Å². The number of carbonyl (C=O) groups excluding carboxylic acids is 1. The minimum atomic E-state index is -2.14. The van der Waals surface area contributed by atoms with Crippen LogP contribution < -0.4 is 15.4 Å². The Kier molecular flexibility index (Phi) is 5.08. The van der Waals surface area contributed by atoms with Gasteiger partial charge in [-0.05, 0) is 36.4 Å². The maximum absolute atomic E-state index is 11.9. The van der Waals surface area contributed by atoms with Gasteiger partial charge in [0.15, 0.2) is 0 Å². The van der Waals surface area contributed by atoms with Gasteiger partial charge in [0.05, 0.1) is 11.3 Å². The third-order valence-electron chi connectivity index (χ3n) is 2.64. The van der Waals surface area contributed by atoms with Crippen LogP contribution in [0.25, 0.3) is 0 Å². The van der Waals surface area contributed by atoms with Crippen LogP contribution in [0.5, 0.6) is 0 Å². The van der Waals surface area contributed by atoms with E-state index in [4.69, 9.17) is 9.81 Å². The van der Waals surface area contributed by atoms with Crippen LogP contribution in [0.2, 0.25) is 0 Å². The quantitative estimate of drug-likeness (QED) is 0.649. The number of benzene rings is 2. The van der Waals surface area contributed by atoms with Crippen molar-refractivity contribution in [2.45, 2.75) is 0 Å². The first-order valence-electron chi connectivity index (χ1n) is 6.13. The summed E-state index contributed by atoms with van der Waals surface area (Å²) in [4.78, 5) is 11.9. The van der Waals surface area contributed by atoms with Crippen molar-refractivity contribution in [2.75, 3.05) is 15.4 Å². The number of rotatable bonds is 4. The van der Waals surface area contributed by atoms with Crippen molar-refractivity contribution < 1.29 is 13.6 Å². The van der Waals surface area contributed by atoms with Crippen LogP contribution in [0, 0.1) is 11.3 Å². The fourth-order valence-electron chi connectivity index (χ4n) is 1.70. The topological polar surface area (TPSA) is 114 Å². The predicted molar refractivity (Wildman–Crippen MR) is 84.6 cm³/mol. The largest absolute Gasteiger partial charge is 0.323 e. The zero-order valence-corrected chi connectivity index (χ0v) is 12.1. The van der Waals surface area contributed by atoms with E-state index in [9.17, 15) is 9.00 Å². The highest BCUT2D eigenvalue weighted by atomic mass is 32.2. The van der Waals surface area contributed by atoms with E-state index in [-0.39, 0.29) is 0 Å². The summed E-state index contributed by atoms with van der Waals surface area (Å²) in [6, 6.07) is 14.4. The minimum Gasteiger partial charge on any atom is -0.308 e. The molecular weight excluding hydrogens is 304 g/mol. The predicted octanol–water partition coefficient (Wildman–Crippen LogP) is 2.75. The standard InChI is InChI=1S/C14H12N4O3S/c15-9-10-3-1-2-4-13(10)17-14(19)16-11-5-7-12(8-6-11)18-22(20)21/h1-8,18H,(H,20,21)(H2,16,17,19). The van der Waals surface area contributed by atoms with Crippen LogP contribution in [0.4, 0.5) is 21.9 Å². The Morgan fingerprint density at radius 2 is 1.68 bits per heavy atom. The second kappa shape index (κ2) is 7.21.